The summed E-state index contributed by atoms with van der Waals surface area (Å²) in [6.45, 7) is 9.36. The summed E-state index contributed by atoms with van der Waals surface area (Å²) in [5.74, 6) is 8.78. The summed E-state index contributed by atoms with van der Waals surface area (Å²) < 4.78 is 21.2. The maximum absolute atomic E-state index is 5.36. The van der Waals surface area contributed by atoms with Crippen molar-refractivity contribution < 1.29 is 28.6 Å². The van der Waals surface area contributed by atoms with Gasteiger partial charge < -0.3 is 28.6 Å². The predicted molar refractivity (Wildman–Crippen MR) is 70.1 cm³/mol. The molecule has 2 aliphatic rings. The minimum atomic E-state index is -0.469. The van der Waals surface area contributed by atoms with E-state index in [1.807, 2.05) is 27.7 Å². The Kier molecular flexibility index (Phi) is 6.76. The molecule has 8 heteroatoms. The first-order valence-corrected chi connectivity index (χ1v) is 6.55. The molecule has 0 radical (unpaired) electrons. The van der Waals surface area contributed by atoms with Crippen LogP contribution >= 0.6 is 0 Å². The number of hydrogen-bond acceptors (Lipinski definition) is 8. The summed E-state index contributed by atoms with van der Waals surface area (Å²) in [5, 5.41) is 0. The van der Waals surface area contributed by atoms with Crippen LogP contribution in [0.4, 0.5) is 0 Å². The van der Waals surface area contributed by atoms with Crippen molar-refractivity contribution in [1.82, 2.24) is 0 Å². The Morgan fingerprint density at radius 3 is 1.40 bits per heavy atom. The van der Waals surface area contributed by atoms with E-state index in [0.717, 1.165) is 0 Å². The number of ether oxygens (including phenoxy) is 4. The summed E-state index contributed by atoms with van der Waals surface area (Å²) >= 11 is 0. The fourth-order valence-electron chi connectivity index (χ4n) is 1.91. The Hall–Kier alpha value is -0.320. The second-order valence-corrected chi connectivity index (χ2v) is 5.57. The molecule has 0 aromatic carbocycles. The topological polar surface area (TPSA) is 107 Å². The van der Waals surface area contributed by atoms with E-state index in [9.17, 15) is 0 Å². The van der Waals surface area contributed by atoms with Crippen LogP contribution in [0.2, 0.25) is 0 Å². The van der Waals surface area contributed by atoms with Gasteiger partial charge in [-0.25, -0.2) is 11.8 Å². The first-order valence-electron chi connectivity index (χ1n) is 6.55. The van der Waals surface area contributed by atoms with Crippen LogP contribution in [-0.2, 0) is 28.6 Å². The van der Waals surface area contributed by atoms with Crippen LogP contribution in [0.15, 0.2) is 0 Å². The summed E-state index contributed by atoms with van der Waals surface area (Å²) in [5.41, 5.74) is 0. The molecule has 2 saturated heterocycles. The predicted octanol–water partition coefficient (Wildman–Crippen LogP) is 0.0564. The van der Waals surface area contributed by atoms with Gasteiger partial charge in [-0.1, -0.05) is 0 Å². The molecule has 4 N–H and O–H groups in total. The van der Waals surface area contributed by atoms with Crippen LogP contribution in [0.3, 0.4) is 0 Å². The van der Waals surface area contributed by atoms with Crippen LogP contribution in [0.5, 0.6) is 0 Å². The highest BCUT2D eigenvalue weighted by molar-refractivity contribution is 4.70. The van der Waals surface area contributed by atoms with E-state index in [4.69, 9.17) is 30.7 Å². The quantitative estimate of drug-likeness (QED) is 0.701. The maximum Gasteiger partial charge on any atom is 0.163 e. The van der Waals surface area contributed by atoms with Crippen molar-refractivity contribution in [2.24, 2.45) is 11.8 Å². The molecule has 0 bridgehead atoms. The zero-order valence-corrected chi connectivity index (χ0v) is 12.6. The number of hydrogen-bond donors (Lipinski definition) is 2. The van der Waals surface area contributed by atoms with Gasteiger partial charge in [-0.05, 0) is 27.7 Å². The summed E-state index contributed by atoms with van der Waals surface area (Å²) in [6.07, 6.45) is -0.0278. The van der Waals surface area contributed by atoms with Crippen LogP contribution in [0, 0.1) is 0 Å². The van der Waals surface area contributed by atoms with E-state index in [0.29, 0.717) is 26.4 Å². The van der Waals surface area contributed by atoms with Crippen molar-refractivity contribution in [2.75, 3.05) is 26.4 Å². The lowest BCUT2D eigenvalue weighted by atomic mass is 10.4. The molecule has 2 heterocycles. The Bertz CT molecular complexity index is 259. The molecule has 2 rings (SSSR count). The molecule has 8 nitrogen and oxygen atoms in total. The molecule has 2 atom stereocenters. The van der Waals surface area contributed by atoms with Gasteiger partial charge in [-0.3, -0.25) is 0 Å². The van der Waals surface area contributed by atoms with Crippen molar-refractivity contribution in [3.05, 3.63) is 0 Å². The first-order chi connectivity index (χ1) is 9.28. The van der Waals surface area contributed by atoms with Crippen LogP contribution in [0.1, 0.15) is 27.7 Å². The minimum absolute atomic E-state index is 0.0139. The second kappa shape index (κ2) is 7.62. The number of rotatable bonds is 4. The van der Waals surface area contributed by atoms with E-state index in [1.165, 1.54) is 0 Å². The molecule has 0 unspecified atom stereocenters. The van der Waals surface area contributed by atoms with Gasteiger partial charge in [0.05, 0.1) is 26.4 Å². The lowest BCUT2D eigenvalue weighted by Crippen LogP contribution is -2.25. The van der Waals surface area contributed by atoms with Crippen molar-refractivity contribution in [3.63, 3.8) is 0 Å². The van der Waals surface area contributed by atoms with E-state index < -0.39 is 11.6 Å². The van der Waals surface area contributed by atoms with E-state index in [-0.39, 0.29) is 12.2 Å². The monoisotopic (exact) mass is 294 g/mol. The molecule has 0 amide bonds. The minimum Gasteiger partial charge on any atom is -0.348 e. The van der Waals surface area contributed by atoms with Gasteiger partial charge in [-0.15, -0.1) is 0 Å². The highest BCUT2D eigenvalue weighted by Crippen LogP contribution is 2.22. The molecule has 0 spiro atoms. The van der Waals surface area contributed by atoms with Crippen molar-refractivity contribution >= 4 is 0 Å². The van der Waals surface area contributed by atoms with Gasteiger partial charge in [0.15, 0.2) is 11.6 Å². The molecule has 120 valence electrons. The average molecular weight is 294 g/mol. The van der Waals surface area contributed by atoms with Gasteiger partial charge in [0.25, 0.3) is 0 Å². The molecular weight excluding hydrogens is 268 g/mol. The second-order valence-electron chi connectivity index (χ2n) is 5.57. The summed E-state index contributed by atoms with van der Waals surface area (Å²) in [4.78, 5) is 8.83. The Morgan fingerprint density at radius 2 is 1.20 bits per heavy atom. The van der Waals surface area contributed by atoms with Crippen LogP contribution < -0.4 is 11.8 Å². The first kappa shape index (κ1) is 17.7. The van der Waals surface area contributed by atoms with Gasteiger partial charge in [-0.2, -0.15) is 0 Å². The third-order valence-electron chi connectivity index (χ3n) is 2.70. The SMILES string of the molecule is CC1(C)OC[C@@H](CON)O1.CC1(C)OC[C@H](CON)O1. The summed E-state index contributed by atoms with van der Waals surface area (Å²) in [7, 11) is 0. The third-order valence-corrected chi connectivity index (χ3v) is 2.70. The van der Waals surface area contributed by atoms with Crippen molar-refractivity contribution in [3.8, 4) is 0 Å². The third kappa shape index (κ3) is 6.42. The highest BCUT2D eigenvalue weighted by atomic mass is 16.8. The summed E-state index contributed by atoms with van der Waals surface area (Å²) in [6, 6.07) is 0. The zero-order valence-electron chi connectivity index (χ0n) is 12.6. The van der Waals surface area contributed by atoms with Crippen LogP contribution in [0.25, 0.3) is 0 Å². The van der Waals surface area contributed by atoms with Crippen molar-refractivity contribution in [2.45, 2.75) is 51.5 Å². The Morgan fingerprint density at radius 1 is 0.850 bits per heavy atom. The molecule has 0 saturated carbocycles. The molecule has 0 aromatic heterocycles. The zero-order chi connectivity index (χ0) is 15.2. The fraction of sp³-hybridized carbons (Fsp3) is 1.00. The largest absolute Gasteiger partial charge is 0.348 e. The van der Waals surface area contributed by atoms with Gasteiger partial charge in [0.2, 0.25) is 0 Å². The Balaban J connectivity index is 0.000000200. The molecule has 2 aliphatic heterocycles. The molecule has 20 heavy (non-hydrogen) atoms. The van der Waals surface area contributed by atoms with E-state index >= 15 is 0 Å². The van der Waals surface area contributed by atoms with E-state index in [2.05, 4.69) is 9.68 Å². The lowest BCUT2D eigenvalue weighted by Gasteiger charge is -2.16. The highest BCUT2D eigenvalue weighted by Gasteiger charge is 2.33. The standard InChI is InChI=1S/2C6H13NO3/c2*1-6(2)8-3-5(10-6)4-9-7/h2*5H,3-4,7H2,1-2H3/t2*5-/m10/s1. The average Bonchev–Trinajstić information content (AvgIpc) is 2.84. The normalized spacial score (nSPS) is 30.9. The van der Waals surface area contributed by atoms with Gasteiger partial charge >= 0.3 is 0 Å². The lowest BCUT2D eigenvalue weighted by molar-refractivity contribution is -0.145. The van der Waals surface area contributed by atoms with Gasteiger partial charge in [0, 0.05) is 0 Å². The molecule has 0 aliphatic carbocycles. The smallest absolute Gasteiger partial charge is 0.163 e. The maximum atomic E-state index is 5.36. The van der Waals surface area contributed by atoms with Crippen molar-refractivity contribution in [1.29, 1.82) is 0 Å². The fourth-order valence-corrected chi connectivity index (χ4v) is 1.91. The molecule has 0 aromatic rings. The van der Waals surface area contributed by atoms with E-state index in [1.54, 1.807) is 0 Å². The Labute approximate surface area is 119 Å². The molecule has 2 fully saturated rings. The molecular formula is C12H26N2O6. The van der Waals surface area contributed by atoms with Crippen LogP contribution in [-0.4, -0.2) is 50.2 Å². The van der Waals surface area contributed by atoms with Gasteiger partial charge in [0.1, 0.15) is 12.2 Å². The number of nitrogens with two attached hydrogens (primary N) is 2.